The number of aromatic nitrogens is 2. The maximum Gasteiger partial charge on any atom is 0.223 e. The number of carbonyl (C=O) groups is 1. The molecule has 92 valence electrons. The molecule has 6 heteroatoms. The van der Waals surface area contributed by atoms with Crippen molar-refractivity contribution in [1.29, 1.82) is 0 Å². The van der Waals surface area contributed by atoms with Gasteiger partial charge in [0.15, 0.2) is 0 Å². The van der Waals surface area contributed by atoms with Crippen molar-refractivity contribution in [3.63, 3.8) is 0 Å². The van der Waals surface area contributed by atoms with Gasteiger partial charge in [0.1, 0.15) is 6.33 Å². The molecule has 0 spiro atoms. The SMILES string of the molecule is O=C(CCSc1ccncn1)N1CCNCC1. The first-order valence-electron chi connectivity index (χ1n) is 5.73. The molecule has 0 bridgehead atoms. The number of nitrogens with one attached hydrogen (secondary N) is 1. The van der Waals surface area contributed by atoms with Gasteiger partial charge in [-0.1, -0.05) is 0 Å². The van der Waals surface area contributed by atoms with E-state index in [1.54, 1.807) is 18.0 Å². The van der Waals surface area contributed by atoms with Crippen LogP contribution in [-0.4, -0.2) is 52.7 Å². The van der Waals surface area contributed by atoms with Crippen molar-refractivity contribution in [2.75, 3.05) is 31.9 Å². The molecule has 2 heterocycles. The molecule has 1 N–H and O–H groups in total. The maximum absolute atomic E-state index is 11.8. The number of nitrogens with zero attached hydrogens (tertiary/aromatic N) is 3. The Balaban J connectivity index is 1.69. The second-order valence-corrected chi connectivity index (χ2v) is 4.89. The molecule has 1 aliphatic rings. The summed E-state index contributed by atoms with van der Waals surface area (Å²) in [6, 6.07) is 1.86. The highest BCUT2D eigenvalue weighted by molar-refractivity contribution is 7.99. The summed E-state index contributed by atoms with van der Waals surface area (Å²) in [5.74, 6) is 1.02. The van der Waals surface area contributed by atoms with Crippen LogP contribution in [0.25, 0.3) is 0 Å². The number of hydrogen-bond donors (Lipinski definition) is 1. The molecule has 0 aliphatic carbocycles. The lowest BCUT2D eigenvalue weighted by molar-refractivity contribution is -0.131. The lowest BCUT2D eigenvalue weighted by Gasteiger charge is -2.27. The highest BCUT2D eigenvalue weighted by Gasteiger charge is 2.15. The van der Waals surface area contributed by atoms with E-state index in [2.05, 4.69) is 15.3 Å². The summed E-state index contributed by atoms with van der Waals surface area (Å²) in [5.41, 5.74) is 0. The number of thioether (sulfide) groups is 1. The summed E-state index contributed by atoms with van der Waals surface area (Å²) in [6.45, 7) is 3.48. The van der Waals surface area contributed by atoms with Crippen molar-refractivity contribution in [1.82, 2.24) is 20.2 Å². The van der Waals surface area contributed by atoms with Crippen LogP contribution in [0, 0.1) is 0 Å². The summed E-state index contributed by atoms with van der Waals surface area (Å²) in [7, 11) is 0. The van der Waals surface area contributed by atoms with Gasteiger partial charge in [0.25, 0.3) is 0 Å². The fraction of sp³-hybridized carbons (Fsp3) is 0.545. The summed E-state index contributed by atoms with van der Waals surface area (Å²) >= 11 is 1.60. The summed E-state index contributed by atoms with van der Waals surface area (Å²) < 4.78 is 0. The van der Waals surface area contributed by atoms with Crippen molar-refractivity contribution in [3.05, 3.63) is 18.6 Å². The van der Waals surface area contributed by atoms with Crippen LogP contribution in [0.2, 0.25) is 0 Å². The van der Waals surface area contributed by atoms with Gasteiger partial charge in [0.05, 0.1) is 5.03 Å². The van der Waals surface area contributed by atoms with Crippen molar-refractivity contribution < 1.29 is 4.79 Å². The van der Waals surface area contributed by atoms with Crippen LogP contribution in [0.4, 0.5) is 0 Å². The fourth-order valence-corrected chi connectivity index (χ4v) is 2.44. The first-order chi connectivity index (χ1) is 8.36. The van der Waals surface area contributed by atoms with E-state index in [-0.39, 0.29) is 5.91 Å². The predicted octanol–water partition coefficient (Wildman–Crippen LogP) is 0.391. The van der Waals surface area contributed by atoms with Gasteiger partial charge < -0.3 is 10.2 Å². The van der Waals surface area contributed by atoms with Crippen LogP contribution in [0.5, 0.6) is 0 Å². The Morgan fingerprint density at radius 2 is 2.29 bits per heavy atom. The third-order valence-corrected chi connectivity index (χ3v) is 3.54. The van der Waals surface area contributed by atoms with Crippen molar-refractivity contribution in [2.24, 2.45) is 0 Å². The molecule has 0 saturated carbocycles. The minimum Gasteiger partial charge on any atom is -0.340 e. The lowest BCUT2D eigenvalue weighted by atomic mass is 10.3. The molecule has 1 amide bonds. The Morgan fingerprint density at radius 3 is 3.00 bits per heavy atom. The number of hydrogen-bond acceptors (Lipinski definition) is 5. The highest BCUT2D eigenvalue weighted by atomic mass is 32.2. The van der Waals surface area contributed by atoms with Crippen molar-refractivity contribution >= 4 is 17.7 Å². The van der Waals surface area contributed by atoms with Crippen LogP contribution < -0.4 is 5.32 Å². The van der Waals surface area contributed by atoms with Gasteiger partial charge in [-0.15, -0.1) is 11.8 Å². The van der Waals surface area contributed by atoms with Crippen molar-refractivity contribution in [3.8, 4) is 0 Å². The van der Waals surface area contributed by atoms with E-state index in [1.165, 1.54) is 6.33 Å². The molecule has 0 radical (unpaired) electrons. The summed E-state index contributed by atoms with van der Waals surface area (Å²) in [4.78, 5) is 21.7. The molecule has 0 unspecified atom stereocenters. The van der Waals surface area contributed by atoms with Gasteiger partial charge >= 0.3 is 0 Å². The number of amides is 1. The van der Waals surface area contributed by atoms with E-state index in [0.717, 1.165) is 37.0 Å². The molecule has 17 heavy (non-hydrogen) atoms. The largest absolute Gasteiger partial charge is 0.340 e. The van der Waals surface area contributed by atoms with Crippen LogP contribution in [0.15, 0.2) is 23.6 Å². The Morgan fingerprint density at radius 1 is 1.47 bits per heavy atom. The van der Waals surface area contributed by atoms with E-state index in [1.807, 2.05) is 11.0 Å². The summed E-state index contributed by atoms with van der Waals surface area (Å²) in [5, 5.41) is 4.16. The molecule has 2 rings (SSSR count). The standard InChI is InChI=1S/C11H16N4OS/c16-11(15-6-4-12-5-7-15)2-8-17-10-1-3-13-9-14-10/h1,3,9,12H,2,4-8H2. The normalized spacial score (nSPS) is 15.9. The molecular formula is C11H16N4OS. The average Bonchev–Trinajstić information content (AvgIpc) is 2.41. The van der Waals surface area contributed by atoms with E-state index < -0.39 is 0 Å². The molecule has 1 aromatic heterocycles. The minimum atomic E-state index is 0.244. The van der Waals surface area contributed by atoms with Crippen LogP contribution in [0.3, 0.4) is 0 Å². The first-order valence-corrected chi connectivity index (χ1v) is 6.72. The molecule has 0 atom stereocenters. The average molecular weight is 252 g/mol. The Kier molecular flexibility index (Phi) is 4.75. The van der Waals surface area contributed by atoms with Gasteiger partial charge in [0, 0.05) is 44.5 Å². The number of rotatable bonds is 4. The Bertz CT molecular complexity index is 354. The Labute approximate surface area is 105 Å². The Hall–Kier alpha value is -1.14. The third kappa shape index (κ3) is 3.98. The van der Waals surface area contributed by atoms with Crippen LogP contribution in [0.1, 0.15) is 6.42 Å². The fourth-order valence-electron chi connectivity index (χ4n) is 1.68. The van der Waals surface area contributed by atoms with Crippen LogP contribution in [-0.2, 0) is 4.79 Å². The second kappa shape index (κ2) is 6.56. The van der Waals surface area contributed by atoms with Gasteiger partial charge in [0.2, 0.25) is 5.91 Å². The summed E-state index contributed by atoms with van der Waals surface area (Å²) in [6.07, 6.45) is 3.82. The molecule has 5 nitrogen and oxygen atoms in total. The zero-order valence-corrected chi connectivity index (χ0v) is 10.4. The lowest BCUT2D eigenvalue weighted by Crippen LogP contribution is -2.46. The second-order valence-electron chi connectivity index (χ2n) is 3.78. The molecule has 0 aromatic carbocycles. The molecule has 1 aromatic rings. The third-order valence-electron chi connectivity index (χ3n) is 2.59. The van der Waals surface area contributed by atoms with E-state index in [4.69, 9.17) is 0 Å². The number of piperazine rings is 1. The number of carbonyl (C=O) groups excluding carboxylic acids is 1. The van der Waals surface area contributed by atoms with Gasteiger partial charge in [-0.05, 0) is 6.07 Å². The molecular weight excluding hydrogens is 236 g/mol. The maximum atomic E-state index is 11.8. The smallest absolute Gasteiger partial charge is 0.223 e. The highest BCUT2D eigenvalue weighted by Crippen LogP contribution is 2.14. The van der Waals surface area contributed by atoms with Crippen molar-refractivity contribution in [2.45, 2.75) is 11.4 Å². The van der Waals surface area contributed by atoms with E-state index in [9.17, 15) is 4.79 Å². The van der Waals surface area contributed by atoms with Gasteiger partial charge in [-0.2, -0.15) is 0 Å². The van der Waals surface area contributed by atoms with Gasteiger partial charge in [-0.3, -0.25) is 4.79 Å². The predicted molar refractivity (Wildman–Crippen MR) is 66.8 cm³/mol. The molecule has 1 saturated heterocycles. The monoisotopic (exact) mass is 252 g/mol. The zero-order valence-electron chi connectivity index (χ0n) is 9.63. The first kappa shape index (κ1) is 12.3. The quantitative estimate of drug-likeness (QED) is 0.620. The topological polar surface area (TPSA) is 58.1 Å². The zero-order chi connectivity index (χ0) is 11.9. The molecule has 1 fully saturated rings. The minimum absolute atomic E-state index is 0.244. The van der Waals surface area contributed by atoms with E-state index in [0.29, 0.717) is 6.42 Å². The molecule has 1 aliphatic heterocycles. The van der Waals surface area contributed by atoms with Gasteiger partial charge in [-0.25, -0.2) is 9.97 Å². The van der Waals surface area contributed by atoms with E-state index >= 15 is 0 Å². The van der Waals surface area contributed by atoms with Crippen LogP contribution >= 0.6 is 11.8 Å².